The number of carbonyl (C=O) groups excluding carboxylic acids is 1. The second-order valence-corrected chi connectivity index (χ2v) is 2.59. The van der Waals surface area contributed by atoms with Crippen LogP contribution < -0.4 is 5.73 Å². The molecule has 0 atom stereocenters. The summed E-state index contributed by atoms with van der Waals surface area (Å²) in [4.78, 5) is 15.0. The summed E-state index contributed by atoms with van der Waals surface area (Å²) in [7, 11) is 0. The van der Waals surface area contributed by atoms with Crippen molar-refractivity contribution in [3.8, 4) is 5.82 Å². The van der Waals surface area contributed by atoms with Gasteiger partial charge in [-0.15, -0.1) is 5.10 Å². The van der Waals surface area contributed by atoms with Crippen molar-refractivity contribution in [2.45, 2.75) is 0 Å². The van der Waals surface area contributed by atoms with E-state index in [1.165, 1.54) is 10.9 Å². The van der Waals surface area contributed by atoms with E-state index >= 15 is 0 Å². The van der Waals surface area contributed by atoms with Crippen LogP contribution in [0.3, 0.4) is 0 Å². The standard InChI is InChI=1S/C8H7N5O/c9-7(14)6-2-1-3-10-8(6)13-5-4-11-12-13/h1-5H,(H2,9,14). The quantitative estimate of drug-likeness (QED) is 0.706. The van der Waals surface area contributed by atoms with Crippen molar-refractivity contribution >= 4 is 5.91 Å². The highest BCUT2D eigenvalue weighted by atomic mass is 16.1. The molecule has 0 aliphatic heterocycles. The van der Waals surface area contributed by atoms with E-state index in [1.807, 2.05) is 0 Å². The van der Waals surface area contributed by atoms with Crippen LogP contribution in [0.15, 0.2) is 30.7 Å². The summed E-state index contributed by atoms with van der Waals surface area (Å²) in [6.45, 7) is 0. The molecule has 2 aromatic heterocycles. The summed E-state index contributed by atoms with van der Waals surface area (Å²) in [6, 6.07) is 3.23. The van der Waals surface area contributed by atoms with Crippen LogP contribution in [0.5, 0.6) is 0 Å². The molecule has 0 unspecified atom stereocenters. The van der Waals surface area contributed by atoms with Gasteiger partial charge in [0.05, 0.1) is 18.0 Å². The second kappa shape index (κ2) is 3.25. The van der Waals surface area contributed by atoms with Gasteiger partial charge in [0.1, 0.15) is 0 Å². The normalized spacial score (nSPS) is 10.0. The summed E-state index contributed by atoms with van der Waals surface area (Å²) in [5.74, 6) is -0.152. The Morgan fingerprint density at radius 1 is 1.43 bits per heavy atom. The highest BCUT2D eigenvalue weighted by molar-refractivity contribution is 5.95. The van der Waals surface area contributed by atoms with E-state index in [4.69, 9.17) is 5.73 Å². The zero-order chi connectivity index (χ0) is 9.97. The Kier molecular flexibility index (Phi) is 1.94. The molecule has 1 amide bonds. The van der Waals surface area contributed by atoms with Crippen LogP contribution in [0.25, 0.3) is 5.82 Å². The maximum absolute atomic E-state index is 11.0. The number of nitrogens with two attached hydrogens (primary N) is 1. The van der Waals surface area contributed by atoms with Crippen LogP contribution in [0.2, 0.25) is 0 Å². The van der Waals surface area contributed by atoms with Gasteiger partial charge in [0, 0.05) is 6.20 Å². The zero-order valence-electron chi connectivity index (χ0n) is 7.16. The summed E-state index contributed by atoms with van der Waals surface area (Å²) in [5.41, 5.74) is 5.50. The lowest BCUT2D eigenvalue weighted by molar-refractivity contribution is 0.1000. The first-order valence-corrected chi connectivity index (χ1v) is 3.90. The van der Waals surface area contributed by atoms with E-state index in [9.17, 15) is 4.79 Å². The first-order valence-electron chi connectivity index (χ1n) is 3.90. The number of hydrogen-bond donors (Lipinski definition) is 1. The van der Waals surface area contributed by atoms with Crippen molar-refractivity contribution < 1.29 is 4.79 Å². The Balaban J connectivity index is 2.58. The van der Waals surface area contributed by atoms with Crippen molar-refractivity contribution in [3.05, 3.63) is 36.3 Å². The molecule has 2 heterocycles. The predicted molar refractivity (Wildman–Crippen MR) is 47.7 cm³/mol. The third-order valence-corrected chi connectivity index (χ3v) is 1.69. The minimum absolute atomic E-state index is 0.318. The average Bonchev–Trinajstić information content (AvgIpc) is 2.70. The van der Waals surface area contributed by atoms with Crippen molar-refractivity contribution in [3.63, 3.8) is 0 Å². The summed E-state index contributed by atoms with van der Waals surface area (Å²) < 4.78 is 1.39. The molecule has 2 N–H and O–H groups in total. The molecule has 0 saturated carbocycles. The summed E-state index contributed by atoms with van der Waals surface area (Å²) >= 11 is 0. The van der Waals surface area contributed by atoms with Gasteiger partial charge in [-0.1, -0.05) is 5.21 Å². The van der Waals surface area contributed by atoms with Crippen molar-refractivity contribution in [2.75, 3.05) is 0 Å². The lowest BCUT2D eigenvalue weighted by Gasteiger charge is -2.02. The van der Waals surface area contributed by atoms with E-state index in [0.29, 0.717) is 11.4 Å². The van der Waals surface area contributed by atoms with Crippen LogP contribution in [0, 0.1) is 0 Å². The molecule has 2 rings (SSSR count). The van der Waals surface area contributed by atoms with E-state index < -0.39 is 5.91 Å². The van der Waals surface area contributed by atoms with E-state index in [0.717, 1.165) is 0 Å². The number of nitrogens with zero attached hydrogens (tertiary/aromatic N) is 4. The fourth-order valence-electron chi connectivity index (χ4n) is 1.09. The van der Waals surface area contributed by atoms with Gasteiger partial charge < -0.3 is 5.73 Å². The third kappa shape index (κ3) is 1.33. The molecule has 70 valence electrons. The molecular weight excluding hydrogens is 182 g/mol. The largest absolute Gasteiger partial charge is 0.365 e. The molecule has 14 heavy (non-hydrogen) atoms. The monoisotopic (exact) mass is 189 g/mol. The van der Waals surface area contributed by atoms with Crippen molar-refractivity contribution in [1.29, 1.82) is 0 Å². The topological polar surface area (TPSA) is 86.7 Å². The first kappa shape index (κ1) is 8.36. The molecule has 0 aliphatic rings. The molecular formula is C8H7N5O. The molecule has 0 fully saturated rings. The predicted octanol–water partition coefficient (Wildman–Crippen LogP) is -0.239. The van der Waals surface area contributed by atoms with Gasteiger partial charge in [0.15, 0.2) is 5.82 Å². The van der Waals surface area contributed by atoms with E-state index in [1.54, 1.807) is 24.5 Å². The number of pyridine rings is 1. The molecule has 0 aliphatic carbocycles. The fraction of sp³-hybridized carbons (Fsp3) is 0. The Bertz CT molecular complexity index is 451. The Labute approximate surface area is 79.4 Å². The van der Waals surface area contributed by atoms with E-state index in [2.05, 4.69) is 15.3 Å². The number of amides is 1. The molecule has 0 saturated heterocycles. The van der Waals surface area contributed by atoms with Crippen molar-refractivity contribution in [1.82, 2.24) is 20.0 Å². The fourth-order valence-corrected chi connectivity index (χ4v) is 1.09. The molecule has 0 aromatic carbocycles. The number of primary amides is 1. The Morgan fingerprint density at radius 2 is 2.29 bits per heavy atom. The summed E-state index contributed by atoms with van der Waals surface area (Å²) in [6.07, 6.45) is 4.65. The van der Waals surface area contributed by atoms with Crippen LogP contribution in [-0.4, -0.2) is 25.9 Å². The van der Waals surface area contributed by atoms with Gasteiger partial charge in [-0.25, -0.2) is 9.67 Å². The maximum atomic E-state index is 11.0. The first-order chi connectivity index (χ1) is 6.79. The molecule has 0 bridgehead atoms. The third-order valence-electron chi connectivity index (χ3n) is 1.69. The lowest BCUT2D eigenvalue weighted by Crippen LogP contribution is -2.15. The van der Waals surface area contributed by atoms with Gasteiger partial charge in [-0.3, -0.25) is 4.79 Å². The average molecular weight is 189 g/mol. The van der Waals surface area contributed by atoms with Gasteiger partial charge >= 0.3 is 0 Å². The number of hydrogen-bond acceptors (Lipinski definition) is 4. The van der Waals surface area contributed by atoms with Crippen LogP contribution >= 0.6 is 0 Å². The van der Waals surface area contributed by atoms with Gasteiger partial charge in [0.2, 0.25) is 0 Å². The van der Waals surface area contributed by atoms with Gasteiger partial charge in [-0.05, 0) is 12.1 Å². The number of aromatic nitrogens is 4. The minimum atomic E-state index is -0.538. The Hall–Kier alpha value is -2.24. The molecule has 6 nitrogen and oxygen atoms in total. The van der Waals surface area contributed by atoms with Gasteiger partial charge in [0.25, 0.3) is 5.91 Å². The van der Waals surface area contributed by atoms with Crippen molar-refractivity contribution in [2.24, 2.45) is 5.73 Å². The maximum Gasteiger partial charge on any atom is 0.252 e. The zero-order valence-corrected chi connectivity index (χ0v) is 7.16. The molecule has 0 spiro atoms. The molecule has 6 heteroatoms. The second-order valence-electron chi connectivity index (χ2n) is 2.59. The van der Waals surface area contributed by atoms with E-state index in [-0.39, 0.29) is 0 Å². The SMILES string of the molecule is NC(=O)c1cccnc1-n1ccnn1. The van der Waals surface area contributed by atoms with Crippen LogP contribution in [0.4, 0.5) is 0 Å². The highest BCUT2D eigenvalue weighted by Gasteiger charge is 2.10. The smallest absolute Gasteiger partial charge is 0.252 e. The number of rotatable bonds is 2. The summed E-state index contributed by atoms with van der Waals surface area (Å²) in [5, 5.41) is 7.35. The van der Waals surface area contributed by atoms with Crippen LogP contribution in [0.1, 0.15) is 10.4 Å². The molecule has 2 aromatic rings. The highest BCUT2D eigenvalue weighted by Crippen LogP contribution is 2.07. The Morgan fingerprint density at radius 3 is 2.93 bits per heavy atom. The molecule has 0 radical (unpaired) electrons. The van der Waals surface area contributed by atoms with Gasteiger partial charge in [-0.2, -0.15) is 0 Å². The lowest BCUT2D eigenvalue weighted by atomic mass is 10.2. The number of carbonyl (C=O) groups is 1. The van der Waals surface area contributed by atoms with Crippen LogP contribution in [-0.2, 0) is 0 Å². The minimum Gasteiger partial charge on any atom is -0.365 e.